The number of pyridine rings is 1. The molecule has 24 heavy (non-hydrogen) atoms. The second-order valence-corrected chi connectivity index (χ2v) is 6.22. The van der Waals surface area contributed by atoms with E-state index in [1.54, 1.807) is 7.11 Å². The number of anilines is 2. The van der Waals surface area contributed by atoms with E-state index in [1.165, 1.54) is 5.69 Å². The van der Waals surface area contributed by atoms with Crippen LogP contribution in [0, 0.1) is 0 Å². The average molecular weight is 326 g/mol. The molecule has 0 unspecified atom stereocenters. The predicted molar refractivity (Wildman–Crippen MR) is 99.0 cm³/mol. The summed E-state index contributed by atoms with van der Waals surface area (Å²) in [6, 6.07) is 14.6. The van der Waals surface area contributed by atoms with Crippen molar-refractivity contribution in [3.63, 3.8) is 0 Å². The van der Waals surface area contributed by atoms with Crippen molar-refractivity contribution in [2.45, 2.75) is 13.0 Å². The summed E-state index contributed by atoms with van der Waals surface area (Å²) in [5, 5.41) is 3.46. The molecule has 2 heterocycles. The molecule has 0 radical (unpaired) electrons. The van der Waals surface area contributed by atoms with E-state index in [4.69, 9.17) is 4.74 Å². The van der Waals surface area contributed by atoms with Crippen LogP contribution in [0.25, 0.3) is 0 Å². The number of aromatic nitrogens is 1. The number of rotatable bonds is 6. The van der Waals surface area contributed by atoms with Gasteiger partial charge in [-0.25, -0.2) is 4.98 Å². The first-order valence-corrected chi connectivity index (χ1v) is 8.54. The molecule has 5 nitrogen and oxygen atoms in total. The van der Waals surface area contributed by atoms with E-state index in [2.05, 4.69) is 39.2 Å². The first-order chi connectivity index (χ1) is 11.8. The molecule has 2 aromatic rings. The van der Waals surface area contributed by atoms with Gasteiger partial charge in [0, 0.05) is 45.0 Å². The molecule has 0 saturated carbocycles. The van der Waals surface area contributed by atoms with Crippen LogP contribution in [0.4, 0.5) is 11.5 Å². The molecule has 1 aliphatic heterocycles. The molecule has 1 saturated heterocycles. The molecule has 5 heteroatoms. The van der Waals surface area contributed by atoms with E-state index in [1.807, 2.05) is 36.5 Å². The van der Waals surface area contributed by atoms with Crippen molar-refractivity contribution in [1.29, 1.82) is 0 Å². The third-order valence-electron chi connectivity index (χ3n) is 4.39. The van der Waals surface area contributed by atoms with Crippen molar-refractivity contribution >= 4 is 11.5 Å². The zero-order valence-electron chi connectivity index (χ0n) is 14.5. The molecular formula is C19H26N4O. The summed E-state index contributed by atoms with van der Waals surface area (Å²) in [6.07, 6.45) is 1.82. The molecule has 1 aromatic carbocycles. The van der Waals surface area contributed by atoms with Gasteiger partial charge in [-0.3, -0.25) is 4.90 Å². The summed E-state index contributed by atoms with van der Waals surface area (Å²) in [5.74, 6) is 1.90. The summed E-state index contributed by atoms with van der Waals surface area (Å²) in [7, 11) is 1.74. The summed E-state index contributed by atoms with van der Waals surface area (Å²) in [4.78, 5) is 9.25. The molecule has 0 bridgehead atoms. The highest BCUT2D eigenvalue weighted by Crippen LogP contribution is 2.28. The van der Waals surface area contributed by atoms with Crippen molar-refractivity contribution in [3.8, 4) is 5.75 Å². The second kappa shape index (κ2) is 8.02. The van der Waals surface area contributed by atoms with Crippen LogP contribution >= 0.6 is 0 Å². The Morgan fingerprint density at radius 1 is 1.08 bits per heavy atom. The standard InChI is InChI=1S/C19H26N4O/c1-16(21-19-9-5-6-10-20-19)15-22-11-13-23(14-12-22)17-7-3-4-8-18(17)24-2/h3-10,16H,11-15H2,1-2H3,(H,20,21)/t16-/m1/s1. The summed E-state index contributed by atoms with van der Waals surface area (Å²) < 4.78 is 5.48. The van der Waals surface area contributed by atoms with Gasteiger partial charge in [0.25, 0.3) is 0 Å². The lowest BCUT2D eigenvalue weighted by Crippen LogP contribution is -2.49. The minimum atomic E-state index is 0.373. The summed E-state index contributed by atoms with van der Waals surface area (Å²) >= 11 is 0. The highest BCUT2D eigenvalue weighted by molar-refractivity contribution is 5.58. The van der Waals surface area contributed by atoms with Crippen LogP contribution in [0.1, 0.15) is 6.92 Å². The Hall–Kier alpha value is -2.27. The van der Waals surface area contributed by atoms with Crippen molar-refractivity contribution < 1.29 is 4.74 Å². The zero-order valence-corrected chi connectivity index (χ0v) is 14.5. The second-order valence-electron chi connectivity index (χ2n) is 6.22. The van der Waals surface area contributed by atoms with Gasteiger partial charge in [-0.15, -0.1) is 0 Å². The van der Waals surface area contributed by atoms with Gasteiger partial charge in [0.1, 0.15) is 11.6 Å². The van der Waals surface area contributed by atoms with Crippen LogP contribution in [0.3, 0.4) is 0 Å². The van der Waals surface area contributed by atoms with E-state index in [0.717, 1.165) is 44.3 Å². The molecule has 3 rings (SSSR count). The first kappa shape index (κ1) is 16.6. The Labute approximate surface area is 144 Å². The minimum Gasteiger partial charge on any atom is -0.495 e. The lowest BCUT2D eigenvalue weighted by molar-refractivity contribution is 0.250. The Kier molecular flexibility index (Phi) is 5.54. The maximum absolute atomic E-state index is 5.48. The molecule has 1 fully saturated rings. The largest absolute Gasteiger partial charge is 0.495 e. The van der Waals surface area contributed by atoms with E-state index in [0.29, 0.717) is 6.04 Å². The third kappa shape index (κ3) is 4.17. The Morgan fingerprint density at radius 3 is 2.54 bits per heavy atom. The van der Waals surface area contributed by atoms with E-state index < -0.39 is 0 Å². The fourth-order valence-electron chi connectivity index (χ4n) is 3.20. The van der Waals surface area contributed by atoms with E-state index in [9.17, 15) is 0 Å². The van der Waals surface area contributed by atoms with Gasteiger partial charge in [0.05, 0.1) is 12.8 Å². The summed E-state index contributed by atoms with van der Waals surface area (Å²) in [5.41, 5.74) is 1.19. The molecule has 1 aliphatic rings. The topological polar surface area (TPSA) is 40.6 Å². The molecule has 0 aliphatic carbocycles. The third-order valence-corrected chi connectivity index (χ3v) is 4.39. The molecule has 128 valence electrons. The highest BCUT2D eigenvalue weighted by atomic mass is 16.5. The van der Waals surface area contributed by atoms with E-state index in [-0.39, 0.29) is 0 Å². The minimum absolute atomic E-state index is 0.373. The number of nitrogens with zero attached hydrogens (tertiary/aromatic N) is 3. The molecular weight excluding hydrogens is 300 g/mol. The van der Waals surface area contributed by atoms with Crippen molar-refractivity contribution in [2.24, 2.45) is 0 Å². The number of benzene rings is 1. The monoisotopic (exact) mass is 326 g/mol. The van der Waals surface area contributed by atoms with Gasteiger partial charge in [-0.1, -0.05) is 18.2 Å². The smallest absolute Gasteiger partial charge is 0.142 e. The number of hydrogen-bond acceptors (Lipinski definition) is 5. The Balaban J connectivity index is 1.50. The van der Waals surface area contributed by atoms with Gasteiger partial charge in [-0.2, -0.15) is 0 Å². The van der Waals surface area contributed by atoms with Crippen LogP contribution in [-0.4, -0.2) is 55.8 Å². The van der Waals surface area contributed by atoms with Gasteiger partial charge in [0.2, 0.25) is 0 Å². The lowest BCUT2D eigenvalue weighted by Gasteiger charge is -2.37. The normalized spacial score (nSPS) is 16.7. The number of para-hydroxylation sites is 2. The number of piperazine rings is 1. The van der Waals surface area contributed by atoms with Crippen LogP contribution in [0.5, 0.6) is 5.75 Å². The lowest BCUT2D eigenvalue weighted by atomic mass is 10.2. The first-order valence-electron chi connectivity index (χ1n) is 8.54. The number of ether oxygens (including phenoxy) is 1. The Bertz CT molecular complexity index is 626. The fourth-order valence-corrected chi connectivity index (χ4v) is 3.20. The van der Waals surface area contributed by atoms with Gasteiger partial charge < -0.3 is 15.0 Å². The van der Waals surface area contributed by atoms with Crippen LogP contribution in [0.2, 0.25) is 0 Å². The van der Waals surface area contributed by atoms with E-state index >= 15 is 0 Å². The average Bonchev–Trinajstić information content (AvgIpc) is 2.63. The van der Waals surface area contributed by atoms with Gasteiger partial charge in [-0.05, 0) is 31.2 Å². The molecule has 0 amide bonds. The predicted octanol–water partition coefficient (Wildman–Crippen LogP) is 2.71. The molecule has 1 N–H and O–H groups in total. The zero-order chi connectivity index (χ0) is 16.8. The number of hydrogen-bond donors (Lipinski definition) is 1. The highest BCUT2D eigenvalue weighted by Gasteiger charge is 2.20. The van der Waals surface area contributed by atoms with Crippen molar-refractivity contribution in [3.05, 3.63) is 48.7 Å². The number of methoxy groups -OCH3 is 1. The van der Waals surface area contributed by atoms with Crippen LogP contribution in [0.15, 0.2) is 48.7 Å². The van der Waals surface area contributed by atoms with Gasteiger partial charge >= 0.3 is 0 Å². The SMILES string of the molecule is COc1ccccc1N1CCN(C[C@@H](C)Nc2ccccn2)CC1. The Morgan fingerprint density at radius 2 is 1.83 bits per heavy atom. The maximum atomic E-state index is 5.48. The van der Waals surface area contributed by atoms with Gasteiger partial charge in [0.15, 0.2) is 0 Å². The fraction of sp³-hybridized carbons (Fsp3) is 0.421. The molecule has 1 atom stereocenters. The quantitative estimate of drug-likeness (QED) is 0.884. The van der Waals surface area contributed by atoms with Crippen molar-refractivity contribution in [2.75, 3.05) is 50.1 Å². The number of nitrogens with one attached hydrogen (secondary N) is 1. The van der Waals surface area contributed by atoms with Crippen LogP contribution in [-0.2, 0) is 0 Å². The molecule has 1 aromatic heterocycles. The maximum Gasteiger partial charge on any atom is 0.142 e. The van der Waals surface area contributed by atoms with Crippen LogP contribution < -0.4 is 15.0 Å². The summed E-state index contributed by atoms with van der Waals surface area (Å²) in [6.45, 7) is 7.41. The van der Waals surface area contributed by atoms with Crippen molar-refractivity contribution in [1.82, 2.24) is 9.88 Å². The molecule has 0 spiro atoms.